The Balaban J connectivity index is 1.31. The Morgan fingerprint density at radius 2 is 1.73 bits per heavy atom. The van der Waals surface area contributed by atoms with Crippen LogP contribution >= 0.6 is 0 Å². The molecule has 1 amide bonds. The van der Waals surface area contributed by atoms with Crippen LogP contribution in [0.4, 0.5) is 0 Å². The Hall–Kier alpha value is -4.14. The van der Waals surface area contributed by atoms with Gasteiger partial charge >= 0.3 is 0 Å². The fourth-order valence-electron chi connectivity index (χ4n) is 5.74. The number of aliphatic hydroxyl groups is 1. The van der Waals surface area contributed by atoms with E-state index in [2.05, 4.69) is 4.90 Å². The zero-order valence-electron chi connectivity index (χ0n) is 23.1. The number of benzene rings is 3. The number of rotatable bonds is 8. The summed E-state index contributed by atoms with van der Waals surface area (Å²) in [5.74, 6) is 0.00331. The summed E-state index contributed by atoms with van der Waals surface area (Å²) >= 11 is 0. The van der Waals surface area contributed by atoms with Crippen LogP contribution in [0.1, 0.15) is 35.2 Å². The molecule has 0 bridgehead atoms. The number of morpholine rings is 1. The Labute approximate surface area is 239 Å². The summed E-state index contributed by atoms with van der Waals surface area (Å²) in [6.07, 6.45) is 0.772. The van der Waals surface area contributed by atoms with Gasteiger partial charge in [-0.2, -0.15) is 0 Å². The van der Waals surface area contributed by atoms with Gasteiger partial charge in [-0.25, -0.2) is 0 Å². The highest BCUT2D eigenvalue weighted by Crippen LogP contribution is 2.41. The van der Waals surface area contributed by atoms with E-state index in [1.54, 1.807) is 11.0 Å². The van der Waals surface area contributed by atoms with Gasteiger partial charge in [-0.1, -0.05) is 42.5 Å². The number of hydrogen-bond donors (Lipinski definition) is 1. The topological polar surface area (TPSA) is 88.5 Å². The Morgan fingerprint density at radius 3 is 2.49 bits per heavy atom. The van der Waals surface area contributed by atoms with E-state index >= 15 is 0 Å². The number of ether oxygens (including phenoxy) is 3. The van der Waals surface area contributed by atoms with E-state index in [1.165, 1.54) is 0 Å². The van der Waals surface area contributed by atoms with Crippen molar-refractivity contribution in [3.05, 3.63) is 101 Å². The lowest BCUT2D eigenvalue weighted by atomic mass is 9.94. The molecule has 8 nitrogen and oxygen atoms in total. The van der Waals surface area contributed by atoms with E-state index in [0.29, 0.717) is 44.2 Å². The van der Waals surface area contributed by atoms with Crippen LogP contribution < -0.4 is 9.47 Å². The molecule has 3 aromatic carbocycles. The van der Waals surface area contributed by atoms with Gasteiger partial charge in [0, 0.05) is 38.2 Å². The first kappa shape index (κ1) is 27.1. The van der Waals surface area contributed by atoms with Crippen molar-refractivity contribution in [2.24, 2.45) is 0 Å². The Kier molecular flexibility index (Phi) is 7.76. The second kappa shape index (κ2) is 11.8. The summed E-state index contributed by atoms with van der Waals surface area (Å²) in [6, 6.07) is 22.0. The van der Waals surface area contributed by atoms with Crippen molar-refractivity contribution < 1.29 is 28.9 Å². The Bertz CT molecular complexity index is 1450. The number of likely N-dealkylation sites (tertiary alicyclic amines) is 1. The average Bonchev–Trinajstić information content (AvgIpc) is 3.50. The molecule has 0 aliphatic carbocycles. The smallest absolute Gasteiger partial charge is 0.295 e. The van der Waals surface area contributed by atoms with Gasteiger partial charge in [-0.15, -0.1) is 0 Å². The van der Waals surface area contributed by atoms with E-state index in [4.69, 9.17) is 14.2 Å². The predicted molar refractivity (Wildman–Crippen MR) is 154 cm³/mol. The number of hydrogen-bond acceptors (Lipinski definition) is 7. The molecular weight excluding hydrogens is 520 g/mol. The molecule has 2 unspecified atom stereocenters. The lowest BCUT2D eigenvalue weighted by molar-refractivity contribution is -0.140. The van der Waals surface area contributed by atoms with Gasteiger partial charge in [0.15, 0.2) is 0 Å². The van der Waals surface area contributed by atoms with Crippen molar-refractivity contribution >= 4 is 17.4 Å². The fourth-order valence-corrected chi connectivity index (χ4v) is 5.74. The molecule has 41 heavy (non-hydrogen) atoms. The Morgan fingerprint density at radius 1 is 0.976 bits per heavy atom. The molecule has 2 atom stereocenters. The zero-order chi connectivity index (χ0) is 28.3. The molecule has 1 N–H and O–H groups in total. The fraction of sp³-hybridized carbons (Fsp3) is 0.333. The van der Waals surface area contributed by atoms with Crippen molar-refractivity contribution in [2.75, 3.05) is 39.4 Å². The molecule has 8 heteroatoms. The third-order valence-corrected chi connectivity index (χ3v) is 7.91. The van der Waals surface area contributed by atoms with Crippen LogP contribution in [-0.4, -0.2) is 72.1 Å². The zero-order valence-corrected chi connectivity index (χ0v) is 23.1. The van der Waals surface area contributed by atoms with Gasteiger partial charge in [-0.3, -0.25) is 14.5 Å². The van der Waals surface area contributed by atoms with E-state index in [9.17, 15) is 14.7 Å². The summed E-state index contributed by atoms with van der Waals surface area (Å²) in [6.45, 7) is 6.23. The second-order valence-electron chi connectivity index (χ2n) is 10.7. The summed E-state index contributed by atoms with van der Waals surface area (Å²) < 4.78 is 17.2. The van der Waals surface area contributed by atoms with Gasteiger partial charge < -0.3 is 24.2 Å². The largest absolute Gasteiger partial charge is 0.507 e. The van der Waals surface area contributed by atoms with Crippen LogP contribution in [0.15, 0.2) is 78.4 Å². The number of carbonyl (C=O) groups is 2. The number of aliphatic hydroxyl groups excluding tert-OH is 1. The highest BCUT2D eigenvalue weighted by molar-refractivity contribution is 6.46. The van der Waals surface area contributed by atoms with E-state index in [1.807, 2.05) is 73.7 Å². The second-order valence-corrected chi connectivity index (χ2v) is 10.7. The average molecular weight is 555 g/mol. The standard InChI is InChI=1S/C33H34N2O6/c1-22-19-26-20-25(9-12-28(26)41-22)31(36)29-30(35(33(38)32(29)37)14-13-34-15-17-39-18-16-34)24-7-10-27(11-8-24)40-21-23-5-3-2-4-6-23/h2-12,20,22,30,36H,13-19,21H2,1H3/b31-29+. The minimum Gasteiger partial charge on any atom is -0.507 e. The molecule has 212 valence electrons. The first-order valence-corrected chi connectivity index (χ1v) is 14.1. The molecule has 0 aromatic heterocycles. The molecule has 6 rings (SSSR count). The van der Waals surface area contributed by atoms with Crippen LogP contribution in [0, 0.1) is 0 Å². The molecule has 0 radical (unpaired) electrons. The molecule has 3 aromatic rings. The number of nitrogens with zero attached hydrogens (tertiary/aromatic N) is 2. The van der Waals surface area contributed by atoms with Crippen LogP contribution in [0.2, 0.25) is 0 Å². The van der Waals surface area contributed by atoms with Crippen LogP contribution in [0.3, 0.4) is 0 Å². The third-order valence-electron chi connectivity index (χ3n) is 7.91. The van der Waals surface area contributed by atoms with E-state index < -0.39 is 17.7 Å². The van der Waals surface area contributed by atoms with Gasteiger partial charge in [0.25, 0.3) is 11.7 Å². The summed E-state index contributed by atoms with van der Waals surface area (Å²) in [4.78, 5) is 30.7. The molecule has 0 saturated carbocycles. The highest BCUT2D eigenvalue weighted by atomic mass is 16.5. The third kappa shape index (κ3) is 5.71. The number of fused-ring (bicyclic) bond motifs is 1. The SMILES string of the molecule is CC1Cc2cc(/C(O)=C3\C(=O)C(=O)N(CCN4CCOCC4)C3c3ccc(OCc4ccccc4)cc3)ccc2O1. The molecule has 2 fully saturated rings. The van der Waals surface area contributed by atoms with Crippen LogP contribution in [0.25, 0.3) is 5.76 Å². The van der Waals surface area contributed by atoms with Crippen LogP contribution in [0.5, 0.6) is 11.5 Å². The molecule has 0 spiro atoms. The number of amides is 1. The predicted octanol–water partition coefficient (Wildman–Crippen LogP) is 4.34. The number of ketones is 1. The van der Waals surface area contributed by atoms with Crippen molar-refractivity contribution in [2.45, 2.75) is 32.1 Å². The first-order chi connectivity index (χ1) is 20.0. The molecule has 2 saturated heterocycles. The van der Waals surface area contributed by atoms with E-state index in [0.717, 1.165) is 42.0 Å². The molecular formula is C33H34N2O6. The summed E-state index contributed by atoms with van der Waals surface area (Å²) in [7, 11) is 0. The van der Waals surface area contributed by atoms with Crippen molar-refractivity contribution in [3.63, 3.8) is 0 Å². The maximum Gasteiger partial charge on any atom is 0.295 e. The van der Waals surface area contributed by atoms with Crippen LogP contribution in [-0.2, 0) is 27.4 Å². The maximum atomic E-state index is 13.5. The summed E-state index contributed by atoms with van der Waals surface area (Å²) in [5.41, 5.74) is 3.36. The molecule has 3 aliphatic rings. The minimum absolute atomic E-state index is 0.0517. The highest BCUT2D eigenvalue weighted by Gasteiger charge is 2.46. The minimum atomic E-state index is -0.720. The monoisotopic (exact) mass is 554 g/mol. The van der Waals surface area contributed by atoms with Crippen molar-refractivity contribution in [3.8, 4) is 11.5 Å². The van der Waals surface area contributed by atoms with Gasteiger partial charge in [0.1, 0.15) is 30.0 Å². The summed E-state index contributed by atoms with van der Waals surface area (Å²) in [5, 5.41) is 11.5. The lowest BCUT2D eigenvalue weighted by Gasteiger charge is -2.31. The maximum absolute atomic E-state index is 13.5. The normalized spacial score (nSPS) is 22.0. The van der Waals surface area contributed by atoms with Crippen molar-refractivity contribution in [1.82, 2.24) is 9.80 Å². The number of carbonyl (C=O) groups excluding carboxylic acids is 2. The first-order valence-electron chi connectivity index (χ1n) is 14.1. The van der Waals surface area contributed by atoms with Crippen molar-refractivity contribution in [1.29, 1.82) is 0 Å². The lowest BCUT2D eigenvalue weighted by Crippen LogP contribution is -2.42. The van der Waals surface area contributed by atoms with Gasteiger partial charge in [-0.05, 0) is 53.9 Å². The quantitative estimate of drug-likeness (QED) is 0.252. The number of Topliss-reactive ketones (excluding diaryl/α,β-unsaturated/α-hetero) is 1. The van der Waals surface area contributed by atoms with E-state index in [-0.39, 0.29) is 17.4 Å². The molecule has 3 aliphatic heterocycles. The van der Waals surface area contributed by atoms with Gasteiger partial charge in [0.05, 0.1) is 24.8 Å². The van der Waals surface area contributed by atoms with Gasteiger partial charge in [0.2, 0.25) is 0 Å². The molecule has 3 heterocycles.